The van der Waals surface area contributed by atoms with Gasteiger partial charge in [0.2, 0.25) is 5.91 Å². The van der Waals surface area contributed by atoms with Crippen molar-refractivity contribution in [3.63, 3.8) is 0 Å². The van der Waals surface area contributed by atoms with Crippen LogP contribution in [0.25, 0.3) is 0 Å². The quantitative estimate of drug-likeness (QED) is 0.713. The van der Waals surface area contributed by atoms with Gasteiger partial charge in [-0.2, -0.15) is 0 Å². The van der Waals surface area contributed by atoms with Gasteiger partial charge in [-0.15, -0.1) is 0 Å². The normalized spacial score (nSPS) is 19.0. The van der Waals surface area contributed by atoms with Crippen LogP contribution in [0.3, 0.4) is 0 Å². The minimum Gasteiger partial charge on any atom is -0.497 e. The van der Waals surface area contributed by atoms with Crippen molar-refractivity contribution in [2.75, 3.05) is 40.0 Å². The van der Waals surface area contributed by atoms with E-state index in [9.17, 15) is 9.59 Å². The average molecular weight is 439 g/mol. The number of amides is 2. The second-order valence-corrected chi connectivity index (χ2v) is 8.26. The Bertz CT molecular complexity index is 957. The third-order valence-corrected chi connectivity index (χ3v) is 6.16. The van der Waals surface area contributed by atoms with Gasteiger partial charge in [-0.3, -0.25) is 9.59 Å². The zero-order valence-corrected chi connectivity index (χ0v) is 18.7. The highest BCUT2D eigenvalue weighted by atomic mass is 16.5. The number of aryl methyl sites for hydroxylation is 1. The highest BCUT2D eigenvalue weighted by Crippen LogP contribution is 2.30. The Kier molecular flexibility index (Phi) is 6.99. The molecule has 2 aliphatic rings. The summed E-state index contributed by atoms with van der Waals surface area (Å²) >= 11 is 0. The number of carbonyl (C=O) groups is 2. The molecule has 1 aromatic heterocycles. The Morgan fingerprint density at radius 1 is 1.12 bits per heavy atom. The predicted molar refractivity (Wildman–Crippen MR) is 118 cm³/mol. The third kappa shape index (κ3) is 4.91. The van der Waals surface area contributed by atoms with Crippen LogP contribution in [0.4, 0.5) is 0 Å². The van der Waals surface area contributed by atoms with Gasteiger partial charge in [-0.1, -0.05) is 12.1 Å². The number of benzene rings is 1. The van der Waals surface area contributed by atoms with Crippen LogP contribution in [0.5, 0.6) is 5.75 Å². The monoisotopic (exact) mass is 438 g/mol. The van der Waals surface area contributed by atoms with Crippen LogP contribution in [0.15, 0.2) is 30.5 Å². The number of carbonyl (C=O) groups excluding carboxylic acids is 2. The lowest BCUT2D eigenvalue weighted by atomic mass is 9.99. The molecular weight excluding hydrogens is 408 g/mol. The molecule has 0 N–H and O–H groups in total. The molecular formula is C24H30N4O4. The maximum absolute atomic E-state index is 13.1. The van der Waals surface area contributed by atoms with Crippen molar-refractivity contribution in [1.29, 1.82) is 0 Å². The summed E-state index contributed by atoms with van der Waals surface area (Å²) in [6, 6.07) is 7.41. The van der Waals surface area contributed by atoms with E-state index >= 15 is 0 Å². The molecule has 0 saturated carbocycles. The van der Waals surface area contributed by atoms with Gasteiger partial charge in [0, 0.05) is 25.8 Å². The number of morpholine rings is 1. The summed E-state index contributed by atoms with van der Waals surface area (Å²) in [5, 5.41) is 0. The zero-order valence-electron chi connectivity index (χ0n) is 18.7. The first-order valence-corrected chi connectivity index (χ1v) is 11.2. The van der Waals surface area contributed by atoms with E-state index in [2.05, 4.69) is 9.97 Å². The van der Waals surface area contributed by atoms with Gasteiger partial charge >= 0.3 is 0 Å². The summed E-state index contributed by atoms with van der Waals surface area (Å²) in [6.45, 7) is 4.79. The average Bonchev–Trinajstić information content (AvgIpc) is 2.84. The summed E-state index contributed by atoms with van der Waals surface area (Å²) < 4.78 is 10.5. The smallest absolute Gasteiger partial charge is 0.257 e. The summed E-state index contributed by atoms with van der Waals surface area (Å²) in [5.41, 5.74) is 2.12. The molecule has 1 aromatic carbocycles. The number of likely N-dealkylation sites (tertiary alicyclic amines) is 1. The van der Waals surface area contributed by atoms with Crippen LogP contribution in [0, 0.1) is 6.92 Å². The molecule has 2 aromatic rings. The Hall–Kier alpha value is -3.00. The first kappa shape index (κ1) is 22.2. The standard InChI is InChI=1S/C24H30N4O4/c1-17-20(24(30)27-11-13-32-14-12-27)16-25-23(26-17)21-5-3-4-10-28(21)22(29)15-18-6-8-19(31-2)9-7-18/h6-9,16,21H,3-5,10-15H2,1-2H3/t21-/m1/s1. The number of hydrogen-bond donors (Lipinski definition) is 0. The van der Waals surface area contributed by atoms with Crippen LogP contribution in [0.1, 0.15) is 52.7 Å². The van der Waals surface area contributed by atoms with Gasteiger partial charge < -0.3 is 19.3 Å². The molecule has 170 valence electrons. The number of nitrogens with zero attached hydrogens (tertiary/aromatic N) is 4. The van der Waals surface area contributed by atoms with Crippen molar-refractivity contribution in [3.8, 4) is 5.75 Å². The largest absolute Gasteiger partial charge is 0.497 e. The van der Waals surface area contributed by atoms with Crippen LogP contribution in [-0.4, -0.2) is 71.5 Å². The first-order valence-electron chi connectivity index (χ1n) is 11.2. The molecule has 8 nitrogen and oxygen atoms in total. The second-order valence-electron chi connectivity index (χ2n) is 8.26. The Balaban J connectivity index is 1.49. The topological polar surface area (TPSA) is 84.9 Å². The Labute approximate surface area is 188 Å². The molecule has 2 amide bonds. The van der Waals surface area contributed by atoms with Crippen molar-refractivity contribution >= 4 is 11.8 Å². The fourth-order valence-corrected chi connectivity index (χ4v) is 4.31. The molecule has 0 aliphatic carbocycles. The van der Waals surface area contributed by atoms with Gasteiger partial charge in [0.05, 0.1) is 44.0 Å². The molecule has 3 heterocycles. The number of piperidine rings is 1. The van der Waals surface area contributed by atoms with Crippen LogP contribution >= 0.6 is 0 Å². The van der Waals surface area contributed by atoms with E-state index in [1.54, 1.807) is 18.2 Å². The van der Waals surface area contributed by atoms with E-state index in [0.717, 1.165) is 30.6 Å². The van der Waals surface area contributed by atoms with E-state index in [-0.39, 0.29) is 17.9 Å². The highest BCUT2D eigenvalue weighted by molar-refractivity contribution is 5.95. The summed E-state index contributed by atoms with van der Waals surface area (Å²) in [7, 11) is 1.63. The minimum atomic E-state index is -0.166. The lowest BCUT2D eigenvalue weighted by molar-refractivity contribution is -0.134. The molecule has 32 heavy (non-hydrogen) atoms. The van der Waals surface area contributed by atoms with Gasteiger partial charge in [-0.25, -0.2) is 9.97 Å². The van der Waals surface area contributed by atoms with Gasteiger partial charge in [0.15, 0.2) is 5.82 Å². The molecule has 2 fully saturated rings. The van der Waals surface area contributed by atoms with Crippen LogP contribution in [0.2, 0.25) is 0 Å². The number of methoxy groups -OCH3 is 1. The van der Waals surface area contributed by atoms with Crippen LogP contribution in [-0.2, 0) is 16.0 Å². The number of hydrogen-bond acceptors (Lipinski definition) is 6. The van der Waals surface area contributed by atoms with Gasteiger partial charge in [0.25, 0.3) is 5.91 Å². The number of ether oxygens (including phenoxy) is 2. The molecule has 1 atom stereocenters. The van der Waals surface area contributed by atoms with E-state index in [0.29, 0.717) is 56.4 Å². The maximum Gasteiger partial charge on any atom is 0.257 e. The molecule has 2 aliphatic heterocycles. The summed E-state index contributed by atoms with van der Waals surface area (Å²) in [6.07, 6.45) is 4.76. The van der Waals surface area contributed by atoms with Gasteiger partial charge in [0.1, 0.15) is 5.75 Å². The number of aromatic nitrogens is 2. The van der Waals surface area contributed by atoms with Crippen molar-refractivity contribution < 1.29 is 19.1 Å². The number of rotatable bonds is 5. The van der Waals surface area contributed by atoms with Crippen molar-refractivity contribution in [2.45, 2.75) is 38.6 Å². The van der Waals surface area contributed by atoms with Crippen molar-refractivity contribution in [2.24, 2.45) is 0 Å². The lowest BCUT2D eigenvalue weighted by Crippen LogP contribution is -2.41. The summed E-state index contributed by atoms with van der Waals surface area (Å²) in [4.78, 5) is 38.9. The lowest BCUT2D eigenvalue weighted by Gasteiger charge is -2.35. The molecule has 0 spiro atoms. The predicted octanol–water partition coefficient (Wildman–Crippen LogP) is 2.56. The maximum atomic E-state index is 13.1. The fraction of sp³-hybridized carbons (Fsp3) is 0.500. The second kappa shape index (κ2) is 10.1. The van der Waals surface area contributed by atoms with E-state index < -0.39 is 0 Å². The summed E-state index contributed by atoms with van der Waals surface area (Å²) in [5.74, 6) is 1.39. The van der Waals surface area contributed by atoms with E-state index in [1.165, 1.54) is 0 Å². The SMILES string of the molecule is COc1ccc(CC(=O)N2CCCC[C@@H]2c2ncc(C(=O)N3CCOCC3)c(C)n2)cc1. The molecule has 0 bridgehead atoms. The Morgan fingerprint density at radius 3 is 2.56 bits per heavy atom. The first-order chi connectivity index (χ1) is 15.6. The van der Waals surface area contributed by atoms with E-state index in [1.807, 2.05) is 36.1 Å². The third-order valence-electron chi connectivity index (χ3n) is 6.16. The highest BCUT2D eigenvalue weighted by Gasteiger charge is 2.31. The molecule has 4 rings (SSSR count). The van der Waals surface area contributed by atoms with Crippen LogP contribution < -0.4 is 4.74 Å². The zero-order chi connectivity index (χ0) is 22.5. The molecule has 0 radical (unpaired) electrons. The van der Waals surface area contributed by atoms with Gasteiger partial charge in [-0.05, 0) is 43.9 Å². The van der Waals surface area contributed by atoms with Crippen molar-refractivity contribution in [3.05, 3.63) is 53.1 Å². The molecule has 0 unspecified atom stereocenters. The van der Waals surface area contributed by atoms with E-state index in [4.69, 9.17) is 9.47 Å². The fourth-order valence-electron chi connectivity index (χ4n) is 4.31. The Morgan fingerprint density at radius 2 is 1.88 bits per heavy atom. The van der Waals surface area contributed by atoms with Crippen molar-refractivity contribution in [1.82, 2.24) is 19.8 Å². The minimum absolute atomic E-state index is 0.0616. The molecule has 2 saturated heterocycles. The molecule has 8 heteroatoms.